The van der Waals surface area contributed by atoms with E-state index >= 15 is 0 Å². The first-order chi connectivity index (χ1) is 11.6. The molecule has 2 aromatic heterocycles. The monoisotopic (exact) mass is 342 g/mol. The van der Waals surface area contributed by atoms with E-state index in [0.717, 1.165) is 10.4 Å². The van der Waals surface area contributed by atoms with Crippen molar-refractivity contribution in [3.63, 3.8) is 0 Å². The van der Waals surface area contributed by atoms with Crippen LogP contribution in [0.2, 0.25) is 0 Å². The molecule has 0 saturated heterocycles. The maximum Gasteiger partial charge on any atom is 0.294 e. The van der Waals surface area contributed by atoms with Crippen molar-refractivity contribution >= 4 is 34.0 Å². The summed E-state index contributed by atoms with van der Waals surface area (Å²) in [6.45, 7) is 1.93. The van der Waals surface area contributed by atoms with Gasteiger partial charge in [0, 0.05) is 22.8 Å². The Hall–Kier alpha value is -3.00. The maximum atomic E-state index is 12.0. The molecule has 2 amide bonds. The number of rotatable bonds is 5. The fourth-order valence-corrected chi connectivity index (χ4v) is 2.67. The number of anilines is 2. The Balaban J connectivity index is 1.56. The Labute approximate surface area is 141 Å². The molecule has 0 radical (unpaired) electrons. The van der Waals surface area contributed by atoms with Crippen LogP contribution in [0.3, 0.4) is 0 Å². The van der Waals surface area contributed by atoms with Crippen LogP contribution in [0.1, 0.15) is 21.0 Å². The van der Waals surface area contributed by atoms with E-state index in [9.17, 15) is 9.59 Å². The molecule has 0 aliphatic heterocycles. The summed E-state index contributed by atoms with van der Waals surface area (Å²) in [5.41, 5.74) is 1.44. The summed E-state index contributed by atoms with van der Waals surface area (Å²) in [5.74, 6) is -0.378. The minimum Gasteiger partial charge on any atom is -0.351 e. The molecule has 24 heavy (non-hydrogen) atoms. The summed E-state index contributed by atoms with van der Waals surface area (Å²) in [5, 5.41) is 9.52. The zero-order valence-electron chi connectivity index (χ0n) is 12.8. The maximum absolute atomic E-state index is 12.0. The van der Waals surface area contributed by atoms with Gasteiger partial charge in [-0.25, -0.2) is 4.98 Å². The molecule has 0 bridgehead atoms. The average Bonchev–Trinajstić information content (AvgIpc) is 3.21. The second kappa shape index (κ2) is 7.05. The number of benzene rings is 1. The number of aromatic nitrogens is 2. The minimum atomic E-state index is -0.378. The van der Waals surface area contributed by atoms with Gasteiger partial charge in [0.25, 0.3) is 5.91 Å². The highest BCUT2D eigenvalue weighted by Gasteiger charge is 2.10. The number of thiazole rings is 1. The van der Waals surface area contributed by atoms with Gasteiger partial charge in [0.2, 0.25) is 11.7 Å². The highest BCUT2D eigenvalue weighted by molar-refractivity contribution is 7.15. The molecule has 0 saturated carbocycles. The van der Waals surface area contributed by atoms with Crippen LogP contribution in [-0.2, 0) is 11.2 Å². The van der Waals surface area contributed by atoms with E-state index in [-0.39, 0.29) is 24.0 Å². The summed E-state index contributed by atoms with van der Waals surface area (Å²) in [6, 6.07) is 8.49. The molecule has 3 rings (SSSR count). The minimum absolute atomic E-state index is 0.136. The third kappa shape index (κ3) is 4.05. The molecule has 0 unspecified atom stereocenters. The Morgan fingerprint density at radius 1 is 1.17 bits per heavy atom. The van der Waals surface area contributed by atoms with Crippen LogP contribution in [0.15, 0.2) is 47.2 Å². The van der Waals surface area contributed by atoms with Gasteiger partial charge in [0.05, 0.1) is 12.6 Å². The number of carbonyl (C=O) groups is 2. The van der Waals surface area contributed by atoms with Crippen LogP contribution in [0, 0.1) is 6.92 Å². The smallest absolute Gasteiger partial charge is 0.294 e. The molecule has 0 aliphatic carbocycles. The van der Waals surface area contributed by atoms with Crippen molar-refractivity contribution in [2.75, 3.05) is 10.6 Å². The lowest BCUT2D eigenvalue weighted by Crippen LogP contribution is -2.14. The Bertz CT molecular complexity index is 841. The first-order valence-electron chi connectivity index (χ1n) is 7.13. The van der Waals surface area contributed by atoms with Gasteiger partial charge in [-0.15, -0.1) is 11.3 Å². The average molecular weight is 342 g/mol. The topological polar surface area (TPSA) is 97.1 Å². The molecule has 2 heterocycles. The lowest BCUT2D eigenvalue weighted by Gasteiger charge is -2.05. The SMILES string of the molecule is Cc1cnc(NC(=O)Cc2ccc(NC(=O)c3ccno3)cc2)s1. The van der Waals surface area contributed by atoms with Gasteiger partial charge in [-0.2, -0.15) is 0 Å². The van der Waals surface area contributed by atoms with E-state index in [0.29, 0.717) is 10.8 Å². The van der Waals surface area contributed by atoms with Crippen molar-refractivity contribution in [3.8, 4) is 0 Å². The van der Waals surface area contributed by atoms with Crippen LogP contribution < -0.4 is 10.6 Å². The molecule has 122 valence electrons. The van der Waals surface area contributed by atoms with E-state index in [1.54, 1.807) is 30.5 Å². The predicted molar refractivity (Wildman–Crippen MR) is 90.1 cm³/mol. The number of hydrogen-bond donors (Lipinski definition) is 2. The normalized spacial score (nSPS) is 10.4. The lowest BCUT2D eigenvalue weighted by atomic mass is 10.1. The first-order valence-corrected chi connectivity index (χ1v) is 7.95. The number of nitrogens with one attached hydrogen (secondary N) is 2. The molecular weight excluding hydrogens is 328 g/mol. The molecule has 0 atom stereocenters. The number of hydrogen-bond acceptors (Lipinski definition) is 6. The summed E-state index contributed by atoms with van der Waals surface area (Å²) in [7, 11) is 0. The first kappa shape index (κ1) is 15.9. The molecule has 0 aliphatic rings. The summed E-state index contributed by atoms with van der Waals surface area (Å²) >= 11 is 1.43. The summed E-state index contributed by atoms with van der Waals surface area (Å²) < 4.78 is 4.78. The Morgan fingerprint density at radius 3 is 2.58 bits per heavy atom. The third-order valence-corrected chi connectivity index (χ3v) is 3.93. The third-order valence-electron chi connectivity index (χ3n) is 3.11. The summed E-state index contributed by atoms with van der Waals surface area (Å²) in [4.78, 5) is 28.9. The molecule has 0 spiro atoms. The van der Waals surface area contributed by atoms with Gasteiger partial charge in [-0.3, -0.25) is 9.59 Å². The van der Waals surface area contributed by atoms with Crippen molar-refractivity contribution in [3.05, 3.63) is 58.9 Å². The molecule has 2 N–H and O–H groups in total. The fraction of sp³-hybridized carbons (Fsp3) is 0.125. The van der Waals surface area contributed by atoms with Crippen molar-refractivity contribution in [2.45, 2.75) is 13.3 Å². The van der Waals surface area contributed by atoms with Crippen molar-refractivity contribution in [1.29, 1.82) is 0 Å². The second-order valence-electron chi connectivity index (χ2n) is 5.03. The summed E-state index contributed by atoms with van der Waals surface area (Å²) in [6.07, 6.45) is 3.35. The molecule has 7 nitrogen and oxygen atoms in total. The van der Waals surface area contributed by atoms with Crippen molar-refractivity contribution in [1.82, 2.24) is 10.1 Å². The zero-order chi connectivity index (χ0) is 16.9. The van der Waals surface area contributed by atoms with Gasteiger partial charge in [-0.05, 0) is 24.6 Å². The highest BCUT2D eigenvalue weighted by Crippen LogP contribution is 2.17. The largest absolute Gasteiger partial charge is 0.351 e. The Kier molecular flexibility index (Phi) is 4.66. The van der Waals surface area contributed by atoms with E-state index in [4.69, 9.17) is 4.52 Å². The van der Waals surface area contributed by atoms with Crippen LogP contribution in [0.4, 0.5) is 10.8 Å². The second-order valence-corrected chi connectivity index (χ2v) is 6.26. The fourth-order valence-electron chi connectivity index (χ4n) is 1.99. The van der Waals surface area contributed by atoms with Crippen molar-refractivity contribution in [2.24, 2.45) is 0 Å². The molecular formula is C16H14N4O3S. The van der Waals surface area contributed by atoms with Gasteiger partial charge in [0.1, 0.15) is 0 Å². The number of nitrogens with zero attached hydrogens (tertiary/aromatic N) is 2. The van der Waals surface area contributed by atoms with E-state index < -0.39 is 0 Å². The number of aryl methyl sites for hydroxylation is 1. The van der Waals surface area contributed by atoms with Crippen LogP contribution in [0.25, 0.3) is 0 Å². The zero-order valence-corrected chi connectivity index (χ0v) is 13.6. The van der Waals surface area contributed by atoms with Crippen LogP contribution >= 0.6 is 11.3 Å². The standard InChI is InChI=1S/C16H14N4O3S/c1-10-9-17-16(24-10)20-14(21)8-11-2-4-12(5-3-11)19-15(22)13-6-7-18-23-13/h2-7,9H,8H2,1H3,(H,19,22)(H,17,20,21). The van der Waals surface area contributed by atoms with Gasteiger partial charge in [0.15, 0.2) is 5.13 Å². The number of amides is 2. The van der Waals surface area contributed by atoms with Crippen LogP contribution in [0.5, 0.6) is 0 Å². The van der Waals surface area contributed by atoms with Crippen molar-refractivity contribution < 1.29 is 14.1 Å². The van der Waals surface area contributed by atoms with E-state index in [1.807, 2.05) is 6.92 Å². The molecule has 1 aromatic carbocycles. The van der Waals surface area contributed by atoms with Gasteiger partial charge < -0.3 is 15.2 Å². The van der Waals surface area contributed by atoms with E-state index in [1.165, 1.54) is 23.6 Å². The molecule has 3 aromatic rings. The quantitative estimate of drug-likeness (QED) is 0.743. The highest BCUT2D eigenvalue weighted by atomic mass is 32.1. The Morgan fingerprint density at radius 2 is 1.96 bits per heavy atom. The van der Waals surface area contributed by atoms with Gasteiger partial charge in [-0.1, -0.05) is 17.3 Å². The lowest BCUT2D eigenvalue weighted by molar-refractivity contribution is -0.115. The number of carbonyl (C=O) groups excluding carboxylic acids is 2. The molecule has 8 heteroatoms. The predicted octanol–water partition coefficient (Wildman–Crippen LogP) is 2.87. The molecule has 0 fully saturated rings. The van der Waals surface area contributed by atoms with Gasteiger partial charge >= 0.3 is 0 Å². The van der Waals surface area contributed by atoms with Crippen LogP contribution in [-0.4, -0.2) is 22.0 Å². The van der Waals surface area contributed by atoms with E-state index in [2.05, 4.69) is 20.8 Å².